The van der Waals surface area contributed by atoms with Crippen LogP contribution in [0.2, 0.25) is 5.02 Å². The van der Waals surface area contributed by atoms with Gasteiger partial charge in [0.2, 0.25) is 10.0 Å². The molecule has 0 saturated heterocycles. The first kappa shape index (κ1) is 25.9. The molecule has 0 bridgehead atoms. The Balaban J connectivity index is 1.73. The molecule has 1 aliphatic rings. The van der Waals surface area contributed by atoms with Crippen LogP contribution in [0, 0.1) is 5.82 Å². The van der Waals surface area contributed by atoms with Crippen LogP contribution in [-0.2, 0) is 22.6 Å². The zero-order valence-electron chi connectivity index (χ0n) is 18.5. The summed E-state index contributed by atoms with van der Waals surface area (Å²) >= 11 is 5.93. The van der Waals surface area contributed by atoms with Crippen molar-refractivity contribution in [2.75, 3.05) is 5.43 Å². The van der Waals surface area contributed by atoms with Gasteiger partial charge in [0.1, 0.15) is 5.82 Å². The van der Waals surface area contributed by atoms with Crippen LogP contribution < -0.4 is 16.0 Å². The smallest absolute Gasteiger partial charge is 0.298 e. The summed E-state index contributed by atoms with van der Waals surface area (Å²) in [5, 5.41) is 4.47. The molecule has 4 rings (SSSR count). The molecule has 1 aliphatic carbocycles. The Bertz CT molecular complexity index is 1450. The Kier molecular flexibility index (Phi) is 7.00. The molecule has 12 heteroatoms. The van der Waals surface area contributed by atoms with E-state index in [0.717, 1.165) is 12.1 Å². The largest absolute Gasteiger partial charge is 0.417 e. The second-order valence-corrected chi connectivity index (χ2v) is 10.3. The van der Waals surface area contributed by atoms with Crippen molar-refractivity contribution >= 4 is 33.2 Å². The summed E-state index contributed by atoms with van der Waals surface area (Å²) in [7, 11) is -4.00. The summed E-state index contributed by atoms with van der Waals surface area (Å²) < 4.78 is 77.9. The number of rotatable bonds is 5. The Morgan fingerprint density at radius 3 is 2.50 bits per heavy atom. The number of carbonyl (C=O) groups is 1. The Hall–Kier alpha value is -3.15. The predicted molar refractivity (Wildman–Crippen MR) is 127 cm³/mol. The molecule has 0 heterocycles. The van der Waals surface area contributed by atoms with E-state index in [2.05, 4.69) is 10.9 Å². The Morgan fingerprint density at radius 2 is 1.81 bits per heavy atom. The number of hydrazine groups is 1. The summed E-state index contributed by atoms with van der Waals surface area (Å²) in [4.78, 5) is 12.9. The summed E-state index contributed by atoms with van der Waals surface area (Å²) in [6.45, 7) is 0. The Morgan fingerprint density at radius 1 is 1.06 bits per heavy atom. The summed E-state index contributed by atoms with van der Waals surface area (Å²) in [6, 6.07) is 11.2. The molecule has 36 heavy (non-hydrogen) atoms. The lowest BCUT2D eigenvalue weighted by Gasteiger charge is -2.28. The lowest BCUT2D eigenvalue weighted by molar-refractivity contribution is -0.137. The van der Waals surface area contributed by atoms with Gasteiger partial charge in [0.05, 0.1) is 21.2 Å². The van der Waals surface area contributed by atoms with Gasteiger partial charge < -0.3 is 0 Å². The SMILES string of the molecule is NS(=O)(=O)c1cccc(NNC(=O)c2cc(Cl)c(C(F)(F)F)cc2C2CCCc3cc(F)ccc32)c1. The van der Waals surface area contributed by atoms with Gasteiger partial charge in [0.25, 0.3) is 5.91 Å². The van der Waals surface area contributed by atoms with Crippen LogP contribution in [0.25, 0.3) is 0 Å². The van der Waals surface area contributed by atoms with Crippen LogP contribution in [0.15, 0.2) is 59.5 Å². The fraction of sp³-hybridized carbons (Fsp3) is 0.208. The van der Waals surface area contributed by atoms with Crippen LogP contribution in [-0.4, -0.2) is 14.3 Å². The van der Waals surface area contributed by atoms with E-state index < -0.39 is 44.4 Å². The quantitative estimate of drug-likeness (QED) is 0.298. The highest BCUT2D eigenvalue weighted by atomic mass is 35.5. The molecule has 0 aromatic heterocycles. The topological polar surface area (TPSA) is 101 Å². The maximum Gasteiger partial charge on any atom is 0.417 e. The highest BCUT2D eigenvalue weighted by molar-refractivity contribution is 7.89. The van der Waals surface area contributed by atoms with Gasteiger partial charge in [-0.3, -0.25) is 15.6 Å². The van der Waals surface area contributed by atoms with E-state index in [4.69, 9.17) is 16.7 Å². The van der Waals surface area contributed by atoms with E-state index in [-0.39, 0.29) is 21.7 Å². The van der Waals surface area contributed by atoms with Crippen LogP contribution in [0.5, 0.6) is 0 Å². The van der Waals surface area contributed by atoms with Crippen LogP contribution in [0.3, 0.4) is 0 Å². The number of amides is 1. The van der Waals surface area contributed by atoms with Crippen LogP contribution in [0.4, 0.5) is 23.2 Å². The zero-order valence-corrected chi connectivity index (χ0v) is 20.1. The lowest BCUT2D eigenvalue weighted by atomic mass is 9.77. The number of primary sulfonamides is 1. The number of anilines is 1. The molecule has 0 fully saturated rings. The first-order valence-electron chi connectivity index (χ1n) is 10.7. The molecule has 0 radical (unpaired) electrons. The average molecular weight is 542 g/mol. The second kappa shape index (κ2) is 9.72. The number of sulfonamides is 1. The van der Waals surface area contributed by atoms with Gasteiger partial charge in [-0.25, -0.2) is 17.9 Å². The number of hydrogen-bond acceptors (Lipinski definition) is 4. The highest BCUT2D eigenvalue weighted by Crippen LogP contribution is 2.43. The fourth-order valence-electron chi connectivity index (χ4n) is 4.35. The molecule has 6 nitrogen and oxygen atoms in total. The number of nitrogens with two attached hydrogens (primary N) is 1. The zero-order chi connectivity index (χ0) is 26.3. The van der Waals surface area contributed by atoms with E-state index >= 15 is 0 Å². The molecule has 1 atom stereocenters. The fourth-order valence-corrected chi connectivity index (χ4v) is 5.18. The van der Waals surface area contributed by atoms with E-state index in [1.807, 2.05) is 0 Å². The number of aryl methyl sites for hydroxylation is 1. The predicted octanol–water partition coefficient (Wildman–Crippen LogP) is 5.37. The molecular weight excluding hydrogens is 522 g/mol. The molecule has 3 aromatic rings. The van der Waals surface area contributed by atoms with E-state index in [9.17, 15) is 30.8 Å². The average Bonchev–Trinajstić information content (AvgIpc) is 2.80. The van der Waals surface area contributed by atoms with Gasteiger partial charge in [0.15, 0.2) is 0 Å². The molecule has 190 valence electrons. The van der Waals surface area contributed by atoms with E-state index in [1.54, 1.807) is 0 Å². The van der Waals surface area contributed by atoms with Crippen molar-refractivity contribution in [3.8, 4) is 0 Å². The maximum atomic E-state index is 13.8. The minimum atomic E-state index is -4.76. The van der Waals surface area contributed by atoms with Crippen LogP contribution >= 0.6 is 11.6 Å². The number of hydrogen-bond donors (Lipinski definition) is 3. The molecule has 4 N–H and O–H groups in total. The lowest BCUT2D eigenvalue weighted by Crippen LogP contribution is -2.31. The van der Waals surface area contributed by atoms with Crippen molar-refractivity contribution in [1.82, 2.24) is 5.43 Å². The van der Waals surface area contributed by atoms with Crippen molar-refractivity contribution in [3.63, 3.8) is 0 Å². The first-order chi connectivity index (χ1) is 16.8. The molecule has 3 aromatic carbocycles. The number of alkyl halides is 3. The van der Waals surface area contributed by atoms with E-state index in [0.29, 0.717) is 30.4 Å². The van der Waals surface area contributed by atoms with Gasteiger partial charge in [-0.2, -0.15) is 13.2 Å². The molecule has 1 amide bonds. The van der Waals surface area contributed by atoms with E-state index in [1.165, 1.54) is 42.5 Å². The Labute approximate surface area is 209 Å². The second-order valence-electron chi connectivity index (χ2n) is 8.36. The third-order valence-corrected chi connectivity index (χ3v) is 7.19. The van der Waals surface area contributed by atoms with Crippen molar-refractivity contribution in [3.05, 3.63) is 93.3 Å². The van der Waals surface area contributed by atoms with Crippen molar-refractivity contribution in [2.45, 2.75) is 36.3 Å². The number of fused-ring (bicyclic) bond motifs is 1. The summed E-state index contributed by atoms with van der Waals surface area (Å²) in [5.41, 5.74) is 5.29. The normalized spacial score (nSPS) is 15.8. The molecular formula is C24H20ClF4N3O3S. The van der Waals surface area contributed by atoms with Crippen LogP contribution in [0.1, 0.15) is 51.4 Å². The number of carbonyl (C=O) groups excluding carboxylic acids is 1. The van der Waals surface area contributed by atoms with Gasteiger partial charge in [0, 0.05) is 11.5 Å². The first-order valence-corrected chi connectivity index (χ1v) is 12.6. The molecule has 1 unspecified atom stereocenters. The minimum absolute atomic E-state index is 0.0943. The van der Waals surface area contributed by atoms with Gasteiger partial charge >= 0.3 is 6.18 Å². The number of halogens is 5. The monoisotopic (exact) mass is 541 g/mol. The molecule has 0 saturated carbocycles. The summed E-state index contributed by atoms with van der Waals surface area (Å²) in [6.07, 6.45) is -3.16. The summed E-state index contributed by atoms with van der Waals surface area (Å²) in [5.74, 6) is -1.85. The number of nitrogens with one attached hydrogen (secondary N) is 2. The minimum Gasteiger partial charge on any atom is -0.298 e. The van der Waals surface area contributed by atoms with Crippen molar-refractivity contribution in [1.29, 1.82) is 0 Å². The molecule has 0 aliphatic heterocycles. The van der Waals surface area contributed by atoms with Gasteiger partial charge in [-0.15, -0.1) is 0 Å². The standard InChI is InChI=1S/C24H20ClF4N3O3S/c25-22-12-20(23(33)32-31-15-4-2-5-16(10-15)36(30,34)35)19(11-21(22)24(27,28)29)18-6-1-3-13-9-14(26)7-8-17(13)18/h2,4-5,7-12,18,31H,1,3,6H2,(H,32,33)(H2,30,34,35). The molecule has 0 spiro atoms. The van der Waals surface area contributed by atoms with Gasteiger partial charge in [-0.1, -0.05) is 23.7 Å². The maximum absolute atomic E-state index is 13.8. The van der Waals surface area contributed by atoms with Crippen molar-refractivity contribution in [2.24, 2.45) is 5.14 Å². The highest BCUT2D eigenvalue weighted by Gasteiger charge is 2.36. The number of benzene rings is 3. The van der Waals surface area contributed by atoms with Crippen molar-refractivity contribution < 1.29 is 30.8 Å². The third-order valence-electron chi connectivity index (χ3n) is 5.97. The third kappa shape index (κ3) is 5.48. The van der Waals surface area contributed by atoms with Gasteiger partial charge in [-0.05, 0) is 78.4 Å².